The summed E-state index contributed by atoms with van der Waals surface area (Å²) in [5.41, 5.74) is 0. The van der Waals surface area contributed by atoms with Gasteiger partial charge >= 0.3 is 11.8 Å². The predicted octanol–water partition coefficient (Wildman–Crippen LogP) is -0.322. The number of carbonyl (C=O) groups excluding carboxylic acids is 2. The Morgan fingerprint density at radius 2 is 2.00 bits per heavy atom. The summed E-state index contributed by atoms with van der Waals surface area (Å²) in [6, 6.07) is 0. The standard InChI is InChI=1S/C11H21N3O2S/c1-17-9-3-2-4-13-10(15)11(16)14-7-5-12-6-8-14/h12H,2-9H2,1H3,(H,13,15). The van der Waals surface area contributed by atoms with Crippen LogP contribution in [0.15, 0.2) is 0 Å². The molecule has 1 aliphatic heterocycles. The van der Waals surface area contributed by atoms with Crippen LogP contribution in [0.3, 0.4) is 0 Å². The Morgan fingerprint density at radius 1 is 1.29 bits per heavy atom. The minimum atomic E-state index is -0.462. The maximum atomic E-state index is 11.7. The maximum Gasteiger partial charge on any atom is 0.311 e. The van der Waals surface area contributed by atoms with E-state index < -0.39 is 11.8 Å². The van der Waals surface area contributed by atoms with Crippen LogP contribution in [0.1, 0.15) is 12.8 Å². The van der Waals surface area contributed by atoms with Crippen molar-refractivity contribution in [2.24, 2.45) is 0 Å². The van der Waals surface area contributed by atoms with Crippen molar-refractivity contribution in [3.63, 3.8) is 0 Å². The number of thioether (sulfide) groups is 1. The predicted molar refractivity (Wildman–Crippen MR) is 70.1 cm³/mol. The molecule has 0 aromatic carbocycles. The van der Waals surface area contributed by atoms with E-state index >= 15 is 0 Å². The number of hydrogen-bond acceptors (Lipinski definition) is 4. The molecule has 1 aliphatic rings. The van der Waals surface area contributed by atoms with Gasteiger partial charge in [-0.1, -0.05) is 0 Å². The summed E-state index contributed by atoms with van der Waals surface area (Å²) in [5, 5.41) is 5.83. The second-order valence-electron chi connectivity index (χ2n) is 4.00. The van der Waals surface area contributed by atoms with Crippen molar-refractivity contribution in [1.82, 2.24) is 15.5 Å². The largest absolute Gasteiger partial charge is 0.348 e. The van der Waals surface area contributed by atoms with Crippen LogP contribution < -0.4 is 10.6 Å². The highest BCUT2D eigenvalue weighted by molar-refractivity contribution is 7.98. The lowest BCUT2D eigenvalue weighted by Crippen LogP contribution is -2.51. The summed E-state index contributed by atoms with van der Waals surface area (Å²) in [7, 11) is 0. The number of unbranched alkanes of at least 4 members (excludes halogenated alkanes) is 1. The summed E-state index contributed by atoms with van der Waals surface area (Å²) in [6.07, 6.45) is 4.07. The zero-order chi connectivity index (χ0) is 12.5. The molecule has 2 amide bonds. The highest BCUT2D eigenvalue weighted by Crippen LogP contribution is 1.98. The Morgan fingerprint density at radius 3 is 2.65 bits per heavy atom. The topological polar surface area (TPSA) is 61.4 Å². The van der Waals surface area contributed by atoms with Gasteiger partial charge in [0.25, 0.3) is 0 Å². The number of nitrogens with one attached hydrogen (secondary N) is 2. The van der Waals surface area contributed by atoms with Gasteiger partial charge < -0.3 is 15.5 Å². The molecular weight excluding hydrogens is 238 g/mol. The first-order chi connectivity index (χ1) is 8.25. The van der Waals surface area contributed by atoms with E-state index in [1.807, 2.05) is 0 Å². The van der Waals surface area contributed by atoms with Gasteiger partial charge in [-0.2, -0.15) is 11.8 Å². The van der Waals surface area contributed by atoms with Gasteiger partial charge in [0, 0.05) is 32.7 Å². The molecule has 0 bridgehead atoms. The van der Waals surface area contributed by atoms with E-state index in [0.717, 1.165) is 31.7 Å². The Labute approximate surface area is 107 Å². The Kier molecular flexibility index (Phi) is 7.04. The Hall–Kier alpha value is -0.750. The molecule has 17 heavy (non-hydrogen) atoms. The van der Waals surface area contributed by atoms with Crippen LogP contribution in [-0.4, -0.2) is 61.4 Å². The first-order valence-corrected chi connectivity index (χ1v) is 7.42. The molecule has 0 radical (unpaired) electrons. The van der Waals surface area contributed by atoms with Crippen LogP contribution in [0.2, 0.25) is 0 Å². The zero-order valence-corrected chi connectivity index (χ0v) is 11.1. The van der Waals surface area contributed by atoms with Crippen molar-refractivity contribution >= 4 is 23.6 Å². The normalized spacial score (nSPS) is 15.7. The number of piperazine rings is 1. The molecule has 0 unspecified atom stereocenters. The molecule has 1 heterocycles. The van der Waals surface area contributed by atoms with Gasteiger partial charge in [-0.15, -0.1) is 0 Å². The monoisotopic (exact) mass is 259 g/mol. The molecule has 0 aromatic rings. The van der Waals surface area contributed by atoms with Gasteiger partial charge in [-0.3, -0.25) is 9.59 Å². The molecule has 0 saturated carbocycles. The maximum absolute atomic E-state index is 11.7. The van der Waals surface area contributed by atoms with Crippen molar-refractivity contribution in [1.29, 1.82) is 0 Å². The van der Waals surface area contributed by atoms with Crippen molar-refractivity contribution in [2.45, 2.75) is 12.8 Å². The molecule has 1 rings (SSSR count). The van der Waals surface area contributed by atoms with Crippen LogP contribution in [0, 0.1) is 0 Å². The van der Waals surface area contributed by atoms with Crippen molar-refractivity contribution in [3.05, 3.63) is 0 Å². The highest BCUT2D eigenvalue weighted by Gasteiger charge is 2.22. The SMILES string of the molecule is CSCCCCNC(=O)C(=O)N1CCNCC1. The molecule has 0 spiro atoms. The van der Waals surface area contributed by atoms with Crippen LogP contribution >= 0.6 is 11.8 Å². The molecular formula is C11H21N3O2S. The Bertz CT molecular complexity index is 255. The van der Waals surface area contributed by atoms with E-state index in [2.05, 4.69) is 16.9 Å². The average molecular weight is 259 g/mol. The molecule has 1 fully saturated rings. The summed E-state index contributed by atoms with van der Waals surface area (Å²) in [5.74, 6) is 0.245. The second-order valence-corrected chi connectivity index (χ2v) is 4.98. The fourth-order valence-electron chi connectivity index (χ4n) is 1.66. The van der Waals surface area contributed by atoms with E-state index in [9.17, 15) is 9.59 Å². The number of carbonyl (C=O) groups is 2. The van der Waals surface area contributed by atoms with Crippen LogP contribution in [0.5, 0.6) is 0 Å². The van der Waals surface area contributed by atoms with Gasteiger partial charge in [0.1, 0.15) is 0 Å². The summed E-state index contributed by atoms with van der Waals surface area (Å²) in [6.45, 7) is 3.38. The van der Waals surface area contributed by atoms with E-state index in [1.165, 1.54) is 0 Å². The molecule has 98 valence electrons. The molecule has 5 nitrogen and oxygen atoms in total. The van der Waals surface area contributed by atoms with E-state index in [-0.39, 0.29) is 0 Å². The van der Waals surface area contributed by atoms with E-state index in [4.69, 9.17) is 0 Å². The fraction of sp³-hybridized carbons (Fsp3) is 0.818. The van der Waals surface area contributed by atoms with Crippen molar-refractivity contribution < 1.29 is 9.59 Å². The molecule has 2 N–H and O–H groups in total. The summed E-state index contributed by atoms with van der Waals surface area (Å²) < 4.78 is 0. The van der Waals surface area contributed by atoms with Crippen molar-refractivity contribution in [3.8, 4) is 0 Å². The van der Waals surface area contributed by atoms with Crippen LogP contribution in [-0.2, 0) is 9.59 Å². The van der Waals surface area contributed by atoms with Gasteiger partial charge in [0.05, 0.1) is 0 Å². The lowest BCUT2D eigenvalue weighted by Gasteiger charge is -2.26. The molecule has 1 saturated heterocycles. The quantitative estimate of drug-likeness (QED) is 0.525. The zero-order valence-electron chi connectivity index (χ0n) is 10.3. The van der Waals surface area contributed by atoms with Gasteiger partial charge in [-0.25, -0.2) is 0 Å². The lowest BCUT2D eigenvalue weighted by molar-refractivity contribution is -0.146. The molecule has 6 heteroatoms. The average Bonchev–Trinajstić information content (AvgIpc) is 2.38. The first-order valence-electron chi connectivity index (χ1n) is 6.02. The molecule has 0 atom stereocenters. The first kappa shape index (κ1) is 14.3. The molecule has 0 aliphatic carbocycles. The fourth-order valence-corrected chi connectivity index (χ4v) is 2.15. The Balaban J connectivity index is 2.15. The summed E-state index contributed by atoms with van der Waals surface area (Å²) >= 11 is 1.79. The minimum Gasteiger partial charge on any atom is -0.348 e. The lowest BCUT2D eigenvalue weighted by atomic mass is 10.3. The third kappa shape index (κ3) is 5.41. The number of rotatable bonds is 5. The van der Waals surface area contributed by atoms with Gasteiger partial charge in [0.2, 0.25) is 0 Å². The molecule has 0 aromatic heterocycles. The number of hydrogen-bond donors (Lipinski definition) is 2. The van der Waals surface area contributed by atoms with E-state index in [1.54, 1.807) is 16.7 Å². The van der Waals surface area contributed by atoms with Crippen LogP contribution in [0.25, 0.3) is 0 Å². The van der Waals surface area contributed by atoms with Gasteiger partial charge in [-0.05, 0) is 24.9 Å². The number of amides is 2. The van der Waals surface area contributed by atoms with Crippen molar-refractivity contribution in [2.75, 3.05) is 44.7 Å². The highest BCUT2D eigenvalue weighted by atomic mass is 32.2. The third-order valence-electron chi connectivity index (χ3n) is 2.66. The van der Waals surface area contributed by atoms with Gasteiger partial charge in [0.15, 0.2) is 0 Å². The number of nitrogens with zero attached hydrogens (tertiary/aromatic N) is 1. The van der Waals surface area contributed by atoms with Crippen LogP contribution in [0.4, 0.5) is 0 Å². The minimum absolute atomic E-state index is 0.392. The smallest absolute Gasteiger partial charge is 0.311 e. The second kappa shape index (κ2) is 8.36. The third-order valence-corrected chi connectivity index (χ3v) is 3.36. The summed E-state index contributed by atoms with van der Waals surface area (Å²) in [4.78, 5) is 24.9. The van der Waals surface area contributed by atoms with E-state index in [0.29, 0.717) is 19.6 Å².